The number of nitrogens with one attached hydrogen (secondary N) is 1. The number of fused-ring (bicyclic) bond motifs is 3. The average Bonchev–Trinajstić information content (AvgIpc) is 3.61. The number of nitrogens with two attached hydrogens (primary N) is 1. The monoisotopic (exact) mass is 591 g/mol. The van der Waals surface area contributed by atoms with Crippen molar-refractivity contribution in [2.24, 2.45) is 5.73 Å². The van der Waals surface area contributed by atoms with Gasteiger partial charge in [0.2, 0.25) is 5.91 Å². The minimum Gasteiger partial charge on any atom is -0.365 e. The van der Waals surface area contributed by atoms with Crippen LogP contribution >= 0.6 is 46.7 Å². The number of nitrogens with zero attached hydrogens (tertiary/aromatic N) is 3. The summed E-state index contributed by atoms with van der Waals surface area (Å²) < 4.78 is 3.59. The third-order valence-corrected chi connectivity index (χ3v) is 9.87. The van der Waals surface area contributed by atoms with Crippen molar-refractivity contribution in [1.82, 2.24) is 14.1 Å². The molecule has 0 unspecified atom stereocenters. The Morgan fingerprint density at radius 2 is 1.67 bits per heavy atom. The van der Waals surface area contributed by atoms with E-state index in [4.69, 9.17) is 22.9 Å². The molecule has 0 saturated heterocycles. The van der Waals surface area contributed by atoms with Crippen LogP contribution in [0.25, 0.3) is 21.6 Å². The molecule has 6 rings (SSSR count). The first-order valence-corrected chi connectivity index (χ1v) is 15.1. The molecule has 8 nitrogen and oxygen atoms in total. The molecule has 3 aromatic heterocycles. The molecule has 1 aliphatic carbocycles. The van der Waals surface area contributed by atoms with E-state index in [9.17, 15) is 14.4 Å². The maximum absolute atomic E-state index is 13.8. The zero-order valence-electron chi connectivity index (χ0n) is 20.4. The summed E-state index contributed by atoms with van der Waals surface area (Å²) in [5.74, 6) is -0.888. The molecule has 2 aromatic carbocycles. The number of aryl methyl sites for hydroxylation is 2. The number of primary amides is 1. The lowest BCUT2D eigenvalue weighted by atomic mass is 10.2. The molecule has 196 valence electrons. The van der Waals surface area contributed by atoms with Crippen molar-refractivity contribution >= 4 is 74.5 Å². The van der Waals surface area contributed by atoms with E-state index in [2.05, 4.69) is 5.32 Å². The van der Waals surface area contributed by atoms with Crippen molar-refractivity contribution in [1.29, 1.82) is 0 Å². The van der Waals surface area contributed by atoms with Crippen LogP contribution in [-0.4, -0.2) is 31.7 Å². The molecule has 39 heavy (non-hydrogen) atoms. The van der Waals surface area contributed by atoms with Gasteiger partial charge in [-0.05, 0) is 61.3 Å². The van der Waals surface area contributed by atoms with Crippen molar-refractivity contribution in [3.05, 3.63) is 90.3 Å². The van der Waals surface area contributed by atoms with Gasteiger partial charge in [-0.1, -0.05) is 59.5 Å². The number of amides is 2. The predicted octanol–water partition coefficient (Wildman–Crippen LogP) is 5.35. The highest BCUT2D eigenvalue weighted by Gasteiger charge is 2.25. The fourth-order valence-electron chi connectivity index (χ4n) is 4.69. The van der Waals surface area contributed by atoms with Crippen molar-refractivity contribution in [3.8, 4) is 11.4 Å². The summed E-state index contributed by atoms with van der Waals surface area (Å²) in [4.78, 5) is 46.1. The second kappa shape index (κ2) is 10.5. The highest BCUT2D eigenvalue weighted by Crippen LogP contribution is 2.36. The first-order valence-electron chi connectivity index (χ1n) is 12.1. The fourth-order valence-corrected chi connectivity index (χ4v) is 8.05. The number of benzene rings is 2. The number of carbonyl (C=O) groups excluding carboxylic acids is 2. The molecule has 3 N–H and O–H groups in total. The molecule has 0 fully saturated rings. The molecule has 2 amide bonds. The lowest BCUT2D eigenvalue weighted by Gasteiger charge is -2.13. The largest absolute Gasteiger partial charge is 0.365 e. The fraction of sp³-hybridized carbons (Fsp3) is 0.148. The Balaban J connectivity index is 1.35. The summed E-state index contributed by atoms with van der Waals surface area (Å²) in [6.07, 6.45) is 2.88. The summed E-state index contributed by atoms with van der Waals surface area (Å²) in [7, 11) is 0. The van der Waals surface area contributed by atoms with Crippen LogP contribution in [0.3, 0.4) is 0 Å². The number of aromatic nitrogens is 3. The van der Waals surface area contributed by atoms with Crippen LogP contribution in [0, 0.1) is 3.95 Å². The number of anilines is 1. The van der Waals surface area contributed by atoms with Gasteiger partial charge in [0.25, 0.3) is 11.5 Å². The van der Waals surface area contributed by atoms with Crippen LogP contribution in [-0.2, 0) is 17.6 Å². The van der Waals surface area contributed by atoms with Gasteiger partial charge in [-0.15, -0.1) is 11.3 Å². The van der Waals surface area contributed by atoms with Gasteiger partial charge in [-0.2, -0.15) is 0 Å². The van der Waals surface area contributed by atoms with E-state index < -0.39 is 5.91 Å². The summed E-state index contributed by atoms with van der Waals surface area (Å²) in [6, 6.07) is 18.5. The molecule has 0 atom stereocenters. The number of thioether (sulfide) groups is 1. The summed E-state index contributed by atoms with van der Waals surface area (Å²) in [5, 5.41) is 3.93. The minimum absolute atomic E-state index is 0.0501. The van der Waals surface area contributed by atoms with Gasteiger partial charge < -0.3 is 11.1 Å². The second-order valence-electron chi connectivity index (χ2n) is 8.83. The first kappa shape index (κ1) is 25.7. The SMILES string of the molecule is NC(=O)c1sc(=S)n(-c2ccccc2)c1NC(=O)CSc1nc2sc3c(c2c(=O)n1-c1ccccc1)CCC3. The van der Waals surface area contributed by atoms with E-state index in [0.29, 0.717) is 30.7 Å². The lowest BCUT2D eigenvalue weighted by molar-refractivity contribution is -0.113. The average molecular weight is 592 g/mol. The molecule has 0 saturated carbocycles. The second-order valence-corrected chi connectivity index (χ2v) is 12.5. The number of hydrogen-bond acceptors (Lipinski definition) is 8. The zero-order valence-corrected chi connectivity index (χ0v) is 23.6. The van der Waals surface area contributed by atoms with Gasteiger partial charge in [0.05, 0.1) is 16.8 Å². The van der Waals surface area contributed by atoms with Crippen LogP contribution in [0.4, 0.5) is 5.82 Å². The number of thiophene rings is 1. The molecule has 12 heteroatoms. The van der Waals surface area contributed by atoms with E-state index in [-0.39, 0.29) is 27.9 Å². The Morgan fingerprint density at radius 1 is 1.00 bits per heavy atom. The van der Waals surface area contributed by atoms with Crippen molar-refractivity contribution in [2.45, 2.75) is 24.4 Å². The predicted molar refractivity (Wildman–Crippen MR) is 160 cm³/mol. The van der Waals surface area contributed by atoms with Crippen LogP contribution in [0.2, 0.25) is 0 Å². The summed E-state index contributed by atoms with van der Waals surface area (Å²) in [6.45, 7) is 0. The molecule has 0 bridgehead atoms. The van der Waals surface area contributed by atoms with Gasteiger partial charge in [0, 0.05) is 10.6 Å². The van der Waals surface area contributed by atoms with Gasteiger partial charge in [-0.25, -0.2) is 4.98 Å². The topological polar surface area (TPSA) is 112 Å². The molecular weight excluding hydrogens is 571 g/mol. The van der Waals surface area contributed by atoms with Crippen LogP contribution in [0.5, 0.6) is 0 Å². The smallest absolute Gasteiger partial charge is 0.267 e. The standard InChI is InChI=1S/C27H21N5O3S4/c28-22(34)21-23(31(27(36)39-21)15-8-3-1-4-9-15)29-19(33)14-37-26-30-24-20(17-12-7-13-18(17)38-24)25(35)32(26)16-10-5-2-6-11-16/h1-6,8-11H,7,12-14H2,(H2,28,34)(H,29,33). The minimum atomic E-state index is -0.681. The van der Waals surface area contributed by atoms with Crippen molar-refractivity contribution in [3.63, 3.8) is 0 Å². The van der Waals surface area contributed by atoms with Crippen LogP contribution in [0.1, 0.15) is 26.5 Å². The summed E-state index contributed by atoms with van der Waals surface area (Å²) in [5.41, 5.74) is 7.97. The van der Waals surface area contributed by atoms with E-state index in [1.165, 1.54) is 4.88 Å². The number of para-hydroxylation sites is 2. The molecule has 0 radical (unpaired) electrons. The number of rotatable bonds is 7. The Kier molecular flexibility index (Phi) is 6.94. The molecule has 3 heterocycles. The maximum atomic E-state index is 13.8. The normalized spacial score (nSPS) is 12.5. The third-order valence-electron chi connectivity index (χ3n) is 6.36. The Morgan fingerprint density at radius 3 is 2.33 bits per heavy atom. The van der Waals surface area contributed by atoms with Gasteiger partial charge >= 0.3 is 0 Å². The van der Waals surface area contributed by atoms with Gasteiger partial charge in [-0.3, -0.25) is 23.5 Å². The molecule has 0 aliphatic heterocycles. The Labute approximate surface area is 240 Å². The number of thiazole rings is 1. The van der Waals surface area contributed by atoms with E-state index in [0.717, 1.165) is 47.9 Å². The Hall–Kier alpha value is -3.58. The molecule has 0 spiro atoms. The number of hydrogen-bond donors (Lipinski definition) is 2. The van der Waals surface area contributed by atoms with E-state index >= 15 is 0 Å². The molecule has 5 aromatic rings. The van der Waals surface area contributed by atoms with Crippen LogP contribution < -0.4 is 16.6 Å². The molecular formula is C27H21N5O3S4. The zero-order chi connectivity index (χ0) is 27.1. The quantitative estimate of drug-likeness (QED) is 0.150. The highest BCUT2D eigenvalue weighted by molar-refractivity contribution is 7.99. The summed E-state index contributed by atoms with van der Waals surface area (Å²) >= 11 is 9.24. The lowest BCUT2D eigenvalue weighted by Crippen LogP contribution is -2.24. The van der Waals surface area contributed by atoms with E-state index in [1.807, 2.05) is 60.7 Å². The maximum Gasteiger partial charge on any atom is 0.267 e. The van der Waals surface area contributed by atoms with Crippen molar-refractivity contribution in [2.75, 3.05) is 11.1 Å². The van der Waals surface area contributed by atoms with Crippen LogP contribution in [0.15, 0.2) is 70.6 Å². The van der Waals surface area contributed by atoms with Gasteiger partial charge in [0.1, 0.15) is 15.5 Å². The van der Waals surface area contributed by atoms with Gasteiger partial charge in [0.15, 0.2) is 9.11 Å². The Bertz CT molecular complexity index is 1860. The molecule has 1 aliphatic rings. The number of carbonyl (C=O) groups is 2. The third kappa shape index (κ3) is 4.73. The first-order chi connectivity index (χ1) is 18.9. The van der Waals surface area contributed by atoms with Crippen molar-refractivity contribution < 1.29 is 9.59 Å². The van der Waals surface area contributed by atoms with E-state index in [1.54, 1.807) is 20.5 Å². The highest BCUT2D eigenvalue weighted by atomic mass is 32.2.